The van der Waals surface area contributed by atoms with E-state index >= 15 is 0 Å². The van der Waals surface area contributed by atoms with Gasteiger partial charge in [0.15, 0.2) is 0 Å². The van der Waals surface area contributed by atoms with Gasteiger partial charge in [0.2, 0.25) is 0 Å². The van der Waals surface area contributed by atoms with E-state index in [0.29, 0.717) is 12.6 Å². The largest absolute Gasteiger partial charge is 0.383 e. The summed E-state index contributed by atoms with van der Waals surface area (Å²) in [5.74, 6) is 0. The Kier molecular flexibility index (Phi) is 5.95. The second-order valence-corrected chi connectivity index (χ2v) is 5.56. The van der Waals surface area contributed by atoms with Gasteiger partial charge in [0, 0.05) is 19.3 Å². The van der Waals surface area contributed by atoms with E-state index in [1.165, 1.54) is 25.9 Å². The highest BCUT2D eigenvalue weighted by molar-refractivity contribution is 5.09. The van der Waals surface area contributed by atoms with Gasteiger partial charge in [0.25, 0.3) is 0 Å². The summed E-state index contributed by atoms with van der Waals surface area (Å²) in [5, 5.41) is 0. The minimum absolute atomic E-state index is 0.249. The second-order valence-electron chi connectivity index (χ2n) is 5.56. The van der Waals surface area contributed by atoms with Crippen LogP contribution in [0.25, 0.3) is 0 Å². The fourth-order valence-corrected chi connectivity index (χ4v) is 3.04. The van der Waals surface area contributed by atoms with Crippen LogP contribution >= 0.6 is 0 Å². The van der Waals surface area contributed by atoms with E-state index in [1.54, 1.807) is 7.11 Å². The highest BCUT2D eigenvalue weighted by atomic mass is 16.5. The molecule has 1 aliphatic rings. The van der Waals surface area contributed by atoms with Crippen molar-refractivity contribution in [2.45, 2.75) is 31.8 Å². The molecule has 1 aromatic rings. The molecule has 1 atom stereocenters. The summed E-state index contributed by atoms with van der Waals surface area (Å²) in [7, 11) is 3.98. The number of nitrogens with zero attached hydrogens (tertiary/aromatic N) is 3. The van der Waals surface area contributed by atoms with Crippen LogP contribution in [0.5, 0.6) is 0 Å². The molecule has 0 spiro atoms. The molecule has 1 aliphatic heterocycles. The number of likely N-dealkylation sites (N-methyl/N-ethyl adjacent to an activating group) is 1. The molecule has 0 radical (unpaired) electrons. The molecule has 0 bridgehead atoms. The summed E-state index contributed by atoms with van der Waals surface area (Å²) in [6, 6.07) is 6.99. The molecule has 0 amide bonds. The van der Waals surface area contributed by atoms with Crippen LogP contribution in [0.15, 0.2) is 24.4 Å². The lowest BCUT2D eigenvalue weighted by molar-refractivity contribution is 0.0499. The topological polar surface area (TPSA) is 28.6 Å². The molecular weight excluding hydrogens is 250 g/mol. The van der Waals surface area contributed by atoms with Crippen molar-refractivity contribution in [3.05, 3.63) is 30.1 Å². The Balaban J connectivity index is 2.02. The summed E-state index contributed by atoms with van der Waals surface area (Å²) in [4.78, 5) is 9.49. The van der Waals surface area contributed by atoms with Gasteiger partial charge in [-0.3, -0.25) is 9.88 Å². The lowest BCUT2D eigenvalue weighted by Gasteiger charge is -2.39. The van der Waals surface area contributed by atoms with E-state index in [4.69, 9.17) is 4.74 Å². The van der Waals surface area contributed by atoms with E-state index in [2.05, 4.69) is 40.9 Å². The van der Waals surface area contributed by atoms with Gasteiger partial charge in [0.1, 0.15) is 0 Å². The van der Waals surface area contributed by atoms with Crippen molar-refractivity contribution in [2.75, 3.05) is 40.4 Å². The smallest absolute Gasteiger partial charge is 0.0757 e. The standard InChI is InChI=1S/C16H27N3O/c1-4-19-11-8-14(9-12-19)18(2)16(13-20-3)15-7-5-6-10-17-15/h5-7,10,14,16H,4,8-9,11-13H2,1-3H3/t16-/m1/s1. The summed E-state index contributed by atoms with van der Waals surface area (Å²) in [6.07, 6.45) is 4.33. The maximum atomic E-state index is 5.42. The average molecular weight is 277 g/mol. The fourth-order valence-electron chi connectivity index (χ4n) is 3.04. The lowest BCUT2D eigenvalue weighted by Crippen LogP contribution is -2.45. The van der Waals surface area contributed by atoms with Gasteiger partial charge in [0.05, 0.1) is 18.3 Å². The Hall–Kier alpha value is -0.970. The number of methoxy groups -OCH3 is 1. The van der Waals surface area contributed by atoms with Crippen LogP contribution in [0.2, 0.25) is 0 Å². The number of piperidine rings is 1. The van der Waals surface area contributed by atoms with Crippen LogP contribution in [0.4, 0.5) is 0 Å². The van der Waals surface area contributed by atoms with Crippen LogP contribution in [0, 0.1) is 0 Å². The normalized spacial score (nSPS) is 19.4. The van der Waals surface area contributed by atoms with E-state index < -0.39 is 0 Å². The minimum Gasteiger partial charge on any atom is -0.383 e. The van der Waals surface area contributed by atoms with Crippen LogP contribution in [-0.2, 0) is 4.74 Å². The Labute approximate surface area is 122 Å². The minimum atomic E-state index is 0.249. The quantitative estimate of drug-likeness (QED) is 0.797. The molecule has 4 heteroatoms. The lowest BCUT2D eigenvalue weighted by atomic mass is 10.0. The van der Waals surface area contributed by atoms with Crippen molar-refractivity contribution >= 4 is 0 Å². The van der Waals surface area contributed by atoms with Crippen LogP contribution in [0.1, 0.15) is 31.5 Å². The highest BCUT2D eigenvalue weighted by Gasteiger charge is 2.28. The predicted molar refractivity (Wildman–Crippen MR) is 81.8 cm³/mol. The molecule has 1 aromatic heterocycles. The second kappa shape index (κ2) is 7.72. The molecule has 0 N–H and O–H groups in total. The van der Waals surface area contributed by atoms with E-state index in [-0.39, 0.29) is 6.04 Å². The molecule has 4 nitrogen and oxygen atoms in total. The molecule has 1 saturated heterocycles. The number of aromatic nitrogens is 1. The molecule has 1 fully saturated rings. The van der Waals surface area contributed by atoms with Crippen LogP contribution in [0.3, 0.4) is 0 Å². The van der Waals surface area contributed by atoms with Crippen molar-refractivity contribution < 1.29 is 4.74 Å². The summed E-state index contributed by atoms with van der Waals surface area (Å²) >= 11 is 0. The third kappa shape index (κ3) is 3.78. The zero-order chi connectivity index (χ0) is 14.4. The average Bonchev–Trinajstić information content (AvgIpc) is 2.53. The van der Waals surface area contributed by atoms with E-state index in [0.717, 1.165) is 12.2 Å². The SMILES string of the molecule is CCN1CCC(N(C)[C@H](COC)c2ccccn2)CC1. The molecule has 0 saturated carbocycles. The van der Waals surface area contributed by atoms with Gasteiger partial charge in [-0.25, -0.2) is 0 Å². The first-order valence-electron chi connectivity index (χ1n) is 7.60. The molecule has 0 aliphatic carbocycles. The molecular formula is C16H27N3O. The third-order valence-corrected chi connectivity index (χ3v) is 4.43. The van der Waals surface area contributed by atoms with Gasteiger partial charge in [-0.05, 0) is 51.7 Å². The van der Waals surface area contributed by atoms with Gasteiger partial charge < -0.3 is 9.64 Å². The van der Waals surface area contributed by atoms with E-state index in [9.17, 15) is 0 Å². The number of hydrogen-bond acceptors (Lipinski definition) is 4. The molecule has 0 aromatic carbocycles. The highest BCUT2D eigenvalue weighted by Crippen LogP contribution is 2.25. The maximum Gasteiger partial charge on any atom is 0.0757 e. The van der Waals surface area contributed by atoms with Crippen molar-refractivity contribution in [3.8, 4) is 0 Å². The fraction of sp³-hybridized carbons (Fsp3) is 0.688. The van der Waals surface area contributed by atoms with Gasteiger partial charge in [-0.15, -0.1) is 0 Å². The maximum absolute atomic E-state index is 5.42. The number of ether oxygens (including phenoxy) is 1. The zero-order valence-corrected chi connectivity index (χ0v) is 13.0. The Morgan fingerprint density at radius 1 is 1.40 bits per heavy atom. The number of rotatable bonds is 6. The van der Waals surface area contributed by atoms with Gasteiger partial charge >= 0.3 is 0 Å². The zero-order valence-electron chi connectivity index (χ0n) is 13.0. The Morgan fingerprint density at radius 3 is 2.70 bits per heavy atom. The van der Waals surface area contributed by atoms with Crippen molar-refractivity contribution in [1.29, 1.82) is 0 Å². The molecule has 112 valence electrons. The molecule has 20 heavy (non-hydrogen) atoms. The van der Waals surface area contributed by atoms with Gasteiger partial charge in [-0.1, -0.05) is 13.0 Å². The third-order valence-electron chi connectivity index (χ3n) is 4.43. The van der Waals surface area contributed by atoms with E-state index in [1.807, 2.05) is 12.3 Å². The first-order chi connectivity index (χ1) is 9.76. The molecule has 0 unspecified atom stereocenters. The number of likely N-dealkylation sites (tertiary alicyclic amines) is 1. The number of pyridine rings is 1. The van der Waals surface area contributed by atoms with Crippen LogP contribution in [-0.4, -0.2) is 61.2 Å². The predicted octanol–water partition coefficient (Wildman–Crippen LogP) is 2.19. The first-order valence-corrected chi connectivity index (χ1v) is 7.60. The first kappa shape index (κ1) is 15.4. The Bertz CT molecular complexity index is 377. The van der Waals surface area contributed by atoms with Gasteiger partial charge in [-0.2, -0.15) is 0 Å². The summed E-state index contributed by atoms with van der Waals surface area (Å²) in [6.45, 7) is 6.51. The Morgan fingerprint density at radius 2 is 2.15 bits per heavy atom. The molecule has 2 rings (SSSR count). The monoisotopic (exact) mass is 277 g/mol. The summed E-state index contributed by atoms with van der Waals surface area (Å²) < 4.78 is 5.42. The van der Waals surface area contributed by atoms with Crippen molar-refractivity contribution in [2.24, 2.45) is 0 Å². The molecule has 2 heterocycles. The van der Waals surface area contributed by atoms with Crippen LogP contribution < -0.4 is 0 Å². The van der Waals surface area contributed by atoms with Crippen molar-refractivity contribution in [1.82, 2.24) is 14.8 Å². The summed E-state index contributed by atoms with van der Waals surface area (Å²) in [5.41, 5.74) is 1.11. The number of hydrogen-bond donors (Lipinski definition) is 0. The van der Waals surface area contributed by atoms with Crippen molar-refractivity contribution in [3.63, 3.8) is 0 Å².